The molecule has 0 spiro atoms. The number of carbonyl (C=O) groups excluding carboxylic acids is 2. The molecule has 1 N–H and O–H groups in total. The number of hydrogen-bond donors (Lipinski definition) is 1. The van der Waals surface area contributed by atoms with Gasteiger partial charge in [-0.2, -0.15) is 0 Å². The molecular formula is C49H92NO7+. The van der Waals surface area contributed by atoms with Crippen molar-refractivity contribution in [2.45, 2.75) is 231 Å². The average molecular weight is 807 g/mol. The molecule has 0 amide bonds. The molecule has 8 heteroatoms. The maximum absolute atomic E-state index is 12.7. The van der Waals surface area contributed by atoms with Gasteiger partial charge in [-0.3, -0.25) is 9.59 Å². The fraction of sp³-hybridized carbons (Fsp3) is 0.857. The van der Waals surface area contributed by atoms with Crippen molar-refractivity contribution in [3.63, 3.8) is 0 Å². The minimum Gasteiger partial charge on any atom is -0.477 e. The first-order valence-corrected chi connectivity index (χ1v) is 23.9. The molecule has 57 heavy (non-hydrogen) atoms. The van der Waals surface area contributed by atoms with Crippen molar-refractivity contribution in [3.8, 4) is 0 Å². The number of likely N-dealkylation sites (N-methyl/N-ethyl adjacent to an activating group) is 1. The molecule has 0 aliphatic heterocycles. The zero-order valence-corrected chi connectivity index (χ0v) is 38.1. The second kappa shape index (κ2) is 40.6. The number of allylic oxidation sites excluding steroid dienone is 4. The molecule has 0 saturated carbocycles. The Balaban J connectivity index is 4.21. The summed E-state index contributed by atoms with van der Waals surface area (Å²) in [6.45, 7) is 4.74. The Morgan fingerprint density at radius 3 is 1.35 bits per heavy atom. The highest BCUT2D eigenvalue weighted by Gasteiger charge is 2.31. The van der Waals surface area contributed by atoms with Gasteiger partial charge in [0, 0.05) is 19.3 Å². The number of carboxylic acids is 1. The lowest BCUT2D eigenvalue weighted by atomic mass is 10.1. The summed E-state index contributed by atoms with van der Waals surface area (Å²) in [6.07, 6.45) is 45.1. The van der Waals surface area contributed by atoms with E-state index < -0.39 is 18.1 Å². The molecule has 0 bridgehead atoms. The van der Waals surface area contributed by atoms with Crippen LogP contribution in [0.2, 0.25) is 0 Å². The largest absolute Gasteiger partial charge is 0.477 e. The molecule has 2 unspecified atom stereocenters. The number of nitrogens with zero attached hydrogens (tertiary/aromatic N) is 1. The van der Waals surface area contributed by atoms with Crippen LogP contribution < -0.4 is 0 Å². The van der Waals surface area contributed by atoms with Crippen molar-refractivity contribution in [2.24, 2.45) is 0 Å². The fourth-order valence-corrected chi connectivity index (χ4v) is 7.12. The number of carboxylic acid groups (broad SMARTS) is 1. The van der Waals surface area contributed by atoms with Crippen LogP contribution in [0.25, 0.3) is 0 Å². The zero-order valence-electron chi connectivity index (χ0n) is 38.1. The van der Waals surface area contributed by atoms with Gasteiger partial charge in [0.1, 0.15) is 6.61 Å². The van der Waals surface area contributed by atoms with Gasteiger partial charge < -0.3 is 23.8 Å². The molecular weight excluding hydrogens is 715 g/mol. The van der Waals surface area contributed by atoms with E-state index in [1.54, 1.807) is 0 Å². The minimum absolute atomic E-state index is 0.0510. The molecule has 334 valence electrons. The lowest BCUT2D eigenvalue weighted by Gasteiger charge is -2.31. The minimum atomic E-state index is -0.874. The highest BCUT2D eigenvalue weighted by Crippen LogP contribution is 2.15. The van der Waals surface area contributed by atoms with Crippen LogP contribution in [0.1, 0.15) is 219 Å². The first-order chi connectivity index (χ1) is 27.6. The van der Waals surface area contributed by atoms with E-state index in [4.69, 9.17) is 14.2 Å². The maximum atomic E-state index is 12.7. The maximum Gasteiger partial charge on any atom is 0.362 e. The van der Waals surface area contributed by atoms with Crippen molar-refractivity contribution in [2.75, 3.05) is 41.0 Å². The van der Waals surface area contributed by atoms with E-state index in [1.807, 2.05) is 21.1 Å². The third-order valence-electron chi connectivity index (χ3n) is 10.9. The molecule has 0 saturated heterocycles. The highest BCUT2D eigenvalue weighted by molar-refractivity contribution is 5.72. The Bertz CT molecular complexity index is 989. The van der Waals surface area contributed by atoms with Gasteiger partial charge in [0.25, 0.3) is 0 Å². The summed E-state index contributed by atoms with van der Waals surface area (Å²) in [5.41, 5.74) is 0. The predicted octanol–water partition coefficient (Wildman–Crippen LogP) is 13.3. The molecule has 0 aliphatic rings. The standard InChI is InChI=1S/C49H91NO7/c1-6-8-10-12-14-16-18-19-20-21-22-23-24-25-26-27-28-30-31-33-35-37-39-47(51)56-44-45(43-55-42-41-46(49(53)54)50(3,4)5)57-48(52)40-38-36-34-32-29-17-15-13-11-9-7-2/h21-22,24-25,45-46H,6-20,23,26-44H2,1-5H3/p+1/b22-21+,25-24+. The molecule has 0 aromatic heterocycles. The summed E-state index contributed by atoms with van der Waals surface area (Å²) in [5.74, 6) is -1.47. The molecule has 2 atom stereocenters. The number of rotatable bonds is 43. The van der Waals surface area contributed by atoms with Gasteiger partial charge in [0.05, 0.1) is 34.4 Å². The highest BCUT2D eigenvalue weighted by atomic mass is 16.6. The molecule has 0 heterocycles. The van der Waals surface area contributed by atoms with Gasteiger partial charge in [-0.1, -0.05) is 179 Å². The lowest BCUT2D eigenvalue weighted by molar-refractivity contribution is -0.887. The Labute approximate surface area is 351 Å². The van der Waals surface area contributed by atoms with E-state index in [0.717, 1.165) is 51.4 Å². The van der Waals surface area contributed by atoms with Crippen molar-refractivity contribution in [1.29, 1.82) is 0 Å². The molecule has 0 fully saturated rings. The van der Waals surface area contributed by atoms with Crippen LogP contribution in [-0.2, 0) is 28.6 Å². The normalized spacial score (nSPS) is 13.1. The number of ether oxygens (including phenoxy) is 3. The van der Waals surface area contributed by atoms with Crippen LogP contribution in [0.3, 0.4) is 0 Å². The molecule has 0 aromatic carbocycles. The summed E-state index contributed by atoms with van der Waals surface area (Å²) >= 11 is 0. The lowest BCUT2D eigenvalue weighted by Crippen LogP contribution is -2.50. The van der Waals surface area contributed by atoms with Crippen LogP contribution in [0, 0.1) is 0 Å². The van der Waals surface area contributed by atoms with Gasteiger partial charge in [0.15, 0.2) is 12.1 Å². The summed E-state index contributed by atoms with van der Waals surface area (Å²) < 4.78 is 17.3. The van der Waals surface area contributed by atoms with Crippen LogP contribution in [-0.4, -0.2) is 80.6 Å². The summed E-state index contributed by atoms with van der Waals surface area (Å²) in [5, 5.41) is 9.62. The Kier molecular flexibility index (Phi) is 39.0. The van der Waals surface area contributed by atoms with E-state index in [-0.39, 0.29) is 36.2 Å². The Hall–Kier alpha value is -2.19. The van der Waals surface area contributed by atoms with Crippen LogP contribution in [0.4, 0.5) is 0 Å². The van der Waals surface area contributed by atoms with Crippen LogP contribution in [0.15, 0.2) is 24.3 Å². The SMILES string of the molecule is CCCCCCCCCC/C=C/C/C=C/CCCCCCCCCC(=O)OCC(COCCC(C(=O)O)[N+](C)(C)C)OC(=O)CCCCCCCCCCCCC. The number of aliphatic carboxylic acids is 1. The van der Waals surface area contributed by atoms with E-state index >= 15 is 0 Å². The van der Waals surface area contributed by atoms with E-state index in [2.05, 4.69) is 38.2 Å². The third kappa shape index (κ3) is 39.1. The van der Waals surface area contributed by atoms with Crippen LogP contribution >= 0.6 is 0 Å². The zero-order chi connectivity index (χ0) is 42.1. The number of carbonyl (C=O) groups is 3. The Morgan fingerprint density at radius 2 is 0.930 bits per heavy atom. The van der Waals surface area contributed by atoms with Crippen molar-refractivity contribution < 1.29 is 38.2 Å². The summed E-state index contributed by atoms with van der Waals surface area (Å²) in [4.78, 5) is 37.0. The van der Waals surface area contributed by atoms with Gasteiger partial charge in [-0.05, 0) is 44.9 Å². The second-order valence-corrected chi connectivity index (χ2v) is 17.4. The van der Waals surface area contributed by atoms with E-state index in [1.165, 1.54) is 135 Å². The van der Waals surface area contributed by atoms with Crippen molar-refractivity contribution >= 4 is 17.9 Å². The van der Waals surface area contributed by atoms with Crippen molar-refractivity contribution in [1.82, 2.24) is 0 Å². The number of quaternary nitrogens is 1. The van der Waals surface area contributed by atoms with Crippen molar-refractivity contribution in [3.05, 3.63) is 24.3 Å². The predicted molar refractivity (Wildman–Crippen MR) is 238 cm³/mol. The number of esters is 2. The topological polar surface area (TPSA) is 99.1 Å². The number of unbranched alkanes of at least 4 members (excludes halogenated alkanes) is 25. The monoisotopic (exact) mass is 807 g/mol. The first-order valence-electron chi connectivity index (χ1n) is 23.9. The first kappa shape index (κ1) is 54.8. The second-order valence-electron chi connectivity index (χ2n) is 17.4. The molecule has 0 aromatic rings. The third-order valence-corrected chi connectivity index (χ3v) is 10.9. The van der Waals surface area contributed by atoms with E-state index in [0.29, 0.717) is 19.3 Å². The fourth-order valence-electron chi connectivity index (χ4n) is 7.12. The quantitative estimate of drug-likeness (QED) is 0.0283. The van der Waals surface area contributed by atoms with Gasteiger partial charge in [0.2, 0.25) is 0 Å². The Morgan fingerprint density at radius 1 is 0.526 bits per heavy atom. The van der Waals surface area contributed by atoms with Gasteiger partial charge >= 0.3 is 17.9 Å². The molecule has 0 rings (SSSR count). The van der Waals surface area contributed by atoms with E-state index in [9.17, 15) is 19.5 Å². The summed E-state index contributed by atoms with van der Waals surface area (Å²) in [6, 6.07) is -0.612. The average Bonchev–Trinajstić information content (AvgIpc) is 3.17. The molecule has 0 aliphatic carbocycles. The number of hydrogen-bond acceptors (Lipinski definition) is 6. The molecule has 8 nitrogen and oxygen atoms in total. The van der Waals surface area contributed by atoms with Gasteiger partial charge in [-0.25, -0.2) is 4.79 Å². The van der Waals surface area contributed by atoms with Crippen LogP contribution in [0.5, 0.6) is 0 Å². The van der Waals surface area contributed by atoms with Gasteiger partial charge in [-0.15, -0.1) is 0 Å². The summed E-state index contributed by atoms with van der Waals surface area (Å²) in [7, 11) is 5.53. The smallest absolute Gasteiger partial charge is 0.362 e. The molecule has 0 radical (unpaired) electrons.